The first-order valence-electron chi connectivity index (χ1n) is 5.25. The molecule has 2 aromatic heterocycles. The number of aromatic nitrogens is 5. The van der Waals surface area contributed by atoms with E-state index in [1.165, 1.54) is 6.07 Å². The first-order chi connectivity index (χ1) is 8.74. The number of nitrogens with zero attached hydrogens (tertiary/aromatic N) is 4. The van der Waals surface area contributed by atoms with Gasteiger partial charge in [-0.2, -0.15) is 5.21 Å². The highest BCUT2D eigenvalue weighted by molar-refractivity contribution is 9.10. The van der Waals surface area contributed by atoms with Gasteiger partial charge in [0.1, 0.15) is 0 Å². The van der Waals surface area contributed by atoms with Crippen molar-refractivity contribution in [1.82, 2.24) is 25.2 Å². The minimum Gasteiger partial charge on any atom is -0.339 e. The first kappa shape index (κ1) is 11.1. The third-order valence-corrected chi connectivity index (χ3v) is 3.13. The molecular weight excluding hydrogens is 298 g/mol. The van der Waals surface area contributed by atoms with Crippen LogP contribution in [0.1, 0.15) is 5.82 Å². The van der Waals surface area contributed by atoms with Crippen LogP contribution in [0, 0.1) is 0 Å². The van der Waals surface area contributed by atoms with E-state index in [1.807, 2.05) is 22.8 Å². The Morgan fingerprint density at radius 1 is 1.33 bits per heavy atom. The van der Waals surface area contributed by atoms with Crippen LogP contribution >= 0.6 is 15.9 Å². The summed E-state index contributed by atoms with van der Waals surface area (Å²) in [5, 5.41) is 14.4. The summed E-state index contributed by atoms with van der Waals surface area (Å²) in [6.45, 7) is 0.467. The zero-order chi connectivity index (χ0) is 12.5. The molecule has 2 heterocycles. The van der Waals surface area contributed by atoms with Crippen LogP contribution in [0.15, 0.2) is 39.7 Å². The Morgan fingerprint density at radius 3 is 3.00 bits per heavy atom. The molecule has 3 rings (SSSR count). The van der Waals surface area contributed by atoms with Gasteiger partial charge in [-0.05, 0) is 18.2 Å². The molecule has 0 aliphatic rings. The number of pyridine rings is 1. The van der Waals surface area contributed by atoms with Crippen molar-refractivity contribution in [3.05, 3.63) is 51.0 Å². The Morgan fingerprint density at radius 2 is 2.22 bits per heavy atom. The molecule has 0 saturated heterocycles. The van der Waals surface area contributed by atoms with Gasteiger partial charge in [0.15, 0.2) is 11.3 Å². The number of rotatable bonds is 2. The molecule has 0 spiro atoms. The van der Waals surface area contributed by atoms with E-state index < -0.39 is 0 Å². The second-order valence-corrected chi connectivity index (χ2v) is 4.71. The molecule has 0 unspecified atom stereocenters. The summed E-state index contributed by atoms with van der Waals surface area (Å²) < 4.78 is 2.79. The highest BCUT2D eigenvalue weighted by Crippen LogP contribution is 2.17. The predicted octanol–water partition coefficient (Wildman–Crippen LogP) is 1.33. The average Bonchev–Trinajstić information content (AvgIpc) is 2.86. The van der Waals surface area contributed by atoms with Crippen molar-refractivity contribution < 1.29 is 0 Å². The fourth-order valence-electron chi connectivity index (χ4n) is 1.82. The van der Waals surface area contributed by atoms with Gasteiger partial charge in [0.25, 0.3) is 0 Å². The number of hydrogen-bond donors (Lipinski definition) is 1. The van der Waals surface area contributed by atoms with Gasteiger partial charge >= 0.3 is 0 Å². The Hall–Kier alpha value is -2.02. The lowest BCUT2D eigenvalue weighted by Gasteiger charge is -2.08. The van der Waals surface area contributed by atoms with E-state index in [9.17, 15) is 4.79 Å². The Labute approximate surface area is 110 Å². The van der Waals surface area contributed by atoms with Crippen LogP contribution in [0.3, 0.4) is 0 Å². The molecule has 0 radical (unpaired) electrons. The third-order valence-electron chi connectivity index (χ3n) is 2.64. The molecule has 18 heavy (non-hydrogen) atoms. The molecule has 3 aromatic rings. The van der Waals surface area contributed by atoms with Crippen LogP contribution < -0.4 is 5.43 Å². The first-order valence-corrected chi connectivity index (χ1v) is 6.04. The molecule has 0 aliphatic heterocycles. The van der Waals surface area contributed by atoms with Crippen LogP contribution in [0.4, 0.5) is 0 Å². The SMILES string of the molecule is O=c1ccn(Cc2nn[nH]n2)c2ccc(Br)cc12. The lowest BCUT2D eigenvalue weighted by molar-refractivity contribution is 0.767. The molecule has 1 N–H and O–H groups in total. The minimum absolute atomic E-state index is 0.00402. The summed E-state index contributed by atoms with van der Waals surface area (Å²) in [7, 11) is 0. The highest BCUT2D eigenvalue weighted by Gasteiger charge is 2.06. The normalized spacial score (nSPS) is 10.9. The van der Waals surface area contributed by atoms with Crippen LogP contribution in [-0.4, -0.2) is 25.2 Å². The topological polar surface area (TPSA) is 76.5 Å². The fraction of sp³-hybridized carbons (Fsp3) is 0.0909. The third kappa shape index (κ3) is 1.92. The fourth-order valence-corrected chi connectivity index (χ4v) is 2.18. The Kier molecular flexibility index (Phi) is 2.67. The molecule has 0 amide bonds. The van der Waals surface area contributed by atoms with Gasteiger partial charge in [-0.1, -0.05) is 21.1 Å². The zero-order valence-corrected chi connectivity index (χ0v) is 10.8. The van der Waals surface area contributed by atoms with Crippen LogP contribution in [0.25, 0.3) is 10.9 Å². The lowest BCUT2D eigenvalue weighted by Crippen LogP contribution is -2.09. The van der Waals surface area contributed by atoms with Gasteiger partial charge < -0.3 is 4.57 Å². The van der Waals surface area contributed by atoms with Crippen LogP contribution in [0.2, 0.25) is 0 Å². The molecule has 0 aliphatic carbocycles. The number of benzene rings is 1. The summed E-state index contributed by atoms with van der Waals surface area (Å²) >= 11 is 3.36. The van der Waals surface area contributed by atoms with Crippen molar-refractivity contribution in [3.63, 3.8) is 0 Å². The van der Waals surface area contributed by atoms with E-state index in [4.69, 9.17) is 0 Å². The average molecular weight is 306 g/mol. The van der Waals surface area contributed by atoms with E-state index in [0.29, 0.717) is 17.8 Å². The number of H-pyrrole nitrogens is 1. The molecule has 0 bridgehead atoms. The largest absolute Gasteiger partial charge is 0.339 e. The van der Waals surface area contributed by atoms with E-state index in [0.717, 1.165) is 9.99 Å². The lowest BCUT2D eigenvalue weighted by atomic mass is 10.2. The van der Waals surface area contributed by atoms with Crippen LogP contribution in [0.5, 0.6) is 0 Å². The quantitative estimate of drug-likeness (QED) is 0.775. The molecule has 0 atom stereocenters. The number of hydrogen-bond acceptors (Lipinski definition) is 4. The van der Waals surface area contributed by atoms with Crippen LogP contribution in [-0.2, 0) is 6.54 Å². The summed E-state index contributed by atoms with van der Waals surface area (Å²) in [6.07, 6.45) is 1.73. The number of fused-ring (bicyclic) bond motifs is 1. The van der Waals surface area contributed by atoms with Gasteiger partial charge in [0, 0.05) is 22.1 Å². The molecule has 0 saturated carbocycles. The summed E-state index contributed by atoms with van der Waals surface area (Å²) in [5.74, 6) is 0.572. The zero-order valence-electron chi connectivity index (χ0n) is 9.17. The predicted molar refractivity (Wildman–Crippen MR) is 69.2 cm³/mol. The van der Waals surface area contributed by atoms with Gasteiger partial charge in [-0.25, -0.2) is 0 Å². The smallest absolute Gasteiger partial charge is 0.194 e. The second kappa shape index (κ2) is 4.34. The monoisotopic (exact) mass is 305 g/mol. The van der Waals surface area contributed by atoms with Gasteiger partial charge in [0.2, 0.25) is 0 Å². The van der Waals surface area contributed by atoms with E-state index in [1.54, 1.807) is 6.20 Å². The van der Waals surface area contributed by atoms with Crippen molar-refractivity contribution in [2.45, 2.75) is 6.54 Å². The van der Waals surface area contributed by atoms with E-state index >= 15 is 0 Å². The van der Waals surface area contributed by atoms with Gasteiger partial charge in [-0.15, -0.1) is 10.2 Å². The maximum Gasteiger partial charge on any atom is 0.194 e. The number of halogens is 1. The summed E-state index contributed by atoms with van der Waals surface area (Å²) in [5.41, 5.74) is 0.839. The maximum absolute atomic E-state index is 11.8. The number of nitrogens with one attached hydrogen (secondary N) is 1. The van der Waals surface area contributed by atoms with Gasteiger partial charge in [-0.3, -0.25) is 4.79 Å². The summed E-state index contributed by atoms with van der Waals surface area (Å²) in [6, 6.07) is 7.13. The second-order valence-electron chi connectivity index (χ2n) is 3.80. The minimum atomic E-state index is -0.00402. The van der Waals surface area contributed by atoms with Crippen molar-refractivity contribution in [2.24, 2.45) is 0 Å². The molecule has 6 nitrogen and oxygen atoms in total. The maximum atomic E-state index is 11.8. The van der Waals surface area contributed by atoms with E-state index in [-0.39, 0.29) is 5.43 Å². The van der Waals surface area contributed by atoms with E-state index in [2.05, 4.69) is 36.6 Å². The molecular formula is C11H8BrN5O. The standard InChI is InChI=1S/C11H8BrN5O/c12-7-1-2-9-8(5-7)10(18)3-4-17(9)6-11-13-15-16-14-11/h1-5H,6H2,(H,13,14,15,16). The Balaban J connectivity index is 2.18. The highest BCUT2D eigenvalue weighted by atomic mass is 79.9. The van der Waals surface area contributed by atoms with Crippen molar-refractivity contribution in [1.29, 1.82) is 0 Å². The summed E-state index contributed by atoms with van der Waals surface area (Å²) in [4.78, 5) is 11.8. The number of tetrazole rings is 1. The van der Waals surface area contributed by atoms with Crippen molar-refractivity contribution in [3.8, 4) is 0 Å². The molecule has 1 aromatic carbocycles. The molecule has 7 heteroatoms. The number of aromatic amines is 1. The molecule has 90 valence electrons. The van der Waals surface area contributed by atoms with Crippen molar-refractivity contribution >= 4 is 26.8 Å². The van der Waals surface area contributed by atoms with Gasteiger partial charge in [0.05, 0.1) is 12.1 Å². The molecule has 0 fully saturated rings. The Bertz CT molecular complexity index is 750. The van der Waals surface area contributed by atoms with Crippen molar-refractivity contribution in [2.75, 3.05) is 0 Å².